The van der Waals surface area contributed by atoms with E-state index in [0.717, 1.165) is 6.07 Å². The average molecular weight is 317 g/mol. The number of nitrogens with one attached hydrogen (secondary N) is 2. The Morgan fingerprint density at radius 1 is 1.29 bits per heavy atom. The summed E-state index contributed by atoms with van der Waals surface area (Å²) in [5, 5.41) is 2.91. The molecule has 6 nitrogen and oxygen atoms in total. The minimum Gasteiger partial charge on any atom is -0.344 e. The molecule has 8 heteroatoms. The van der Waals surface area contributed by atoms with Crippen LogP contribution in [0.25, 0.3) is 0 Å². The van der Waals surface area contributed by atoms with Crippen LogP contribution in [0.15, 0.2) is 29.2 Å². The highest BCUT2D eigenvalue weighted by Gasteiger charge is 2.18. The lowest BCUT2D eigenvalue weighted by Gasteiger charge is -2.17. The van der Waals surface area contributed by atoms with E-state index in [0.29, 0.717) is 13.1 Å². The first-order valence-corrected chi connectivity index (χ1v) is 7.99. The number of benzene rings is 1. The Labute approximate surface area is 124 Å². The van der Waals surface area contributed by atoms with Crippen molar-refractivity contribution in [2.75, 3.05) is 33.7 Å². The van der Waals surface area contributed by atoms with E-state index in [9.17, 15) is 17.6 Å². The molecule has 0 radical (unpaired) electrons. The van der Waals surface area contributed by atoms with Crippen molar-refractivity contribution < 1.29 is 17.6 Å². The van der Waals surface area contributed by atoms with E-state index in [4.69, 9.17) is 0 Å². The molecule has 0 fully saturated rings. The van der Waals surface area contributed by atoms with Gasteiger partial charge in [-0.3, -0.25) is 4.79 Å². The molecule has 1 rings (SSSR count). The summed E-state index contributed by atoms with van der Waals surface area (Å²) < 4.78 is 39.4. The molecule has 0 aliphatic carbocycles. The van der Waals surface area contributed by atoms with Gasteiger partial charge in [-0.1, -0.05) is 12.1 Å². The molecule has 0 aliphatic heterocycles. The maximum Gasteiger partial charge on any atom is 0.243 e. The van der Waals surface area contributed by atoms with Crippen LogP contribution in [-0.4, -0.2) is 53.0 Å². The van der Waals surface area contributed by atoms with Crippen LogP contribution in [-0.2, 0) is 14.8 Å². The minimum atomic E-state index is -3.94. The number of sulfonamides is 1. The maximum absolute atomic E-state index is 13.4. The zero-order chi connectivity index (χ0) is 15.9. The van der Waals surface area contributed by atoms with Crippen LogP contribution in [0.2, 0.25) is 0 Å². The summed E-state index contributed by atoms with van der Waals surface area (Å²) >= 11 is 0. The first-order chi connectivity index (χ1) is 9.88. The van der Waals surface area contributed by atoms with Gasteiger partial charge in [0.25, 0.3) is 0 Å². The van der Waals surface area contributed by atoms with E-state index in [2.05, 4.69) is 10.0 Å². The molecule has 0 heterocycles. The number of hydrogen-bond acceptors (Lipinski definition) is 4. The van der Waals surface area contributed by atoms with E-state index < -0.39 is 20.7 Å². The van der Waals surface area contributed by atoms with Gasteiger partial charge in [-0.15, -0.1) is 0 Å². The summed E-state index contributed by atoms with van der Waals surface area (Å²) in [6.07, 6.45) is 0.0217. The second kappa shape index (κ2) is 8.06. The third-order valence-corrected chi connectivity index (χ3v) is 4.37. The van der Waals surface area contributed by atoms with E-state index in [1.165, 1.54) is 23.1 Å². The van der Waals surface area contributed by atoms with Crippen LogP contribution in [0.4, 0.5) is 4.39 Å². The number of halogens is 1. The number of rotatable bonds is 8. The number of likely N-dealkylation sites (N-methyl/N-ethyl adjacent to an activating group) is 2. The van der Waals surface area contributed by atoms with Crippen molar-refractivity contribution in [3.63, 3.8) is 0 Å². The minimum absolute atomic E-state index is 0.0217. The van der Waals surface area contributed by atoms with Gasteiger partial charge >= 0.3 is 0 Å². The molecule has 0 atom stereocenters. The Kier molecular flexibility index (Phi) is 6.73. The van der Waals surface area contributed by atoms with Crippen molar-refractivity contribution in [2.24, 2.45) is 0 Å². The highest BCUT2D eigenvalue weighted by Crippen LogP contribution is 2.12. The van der Waals surface area contributed by atoms with Crippen molar-refractivity contribution in [2.45, 2.75) is 11.3 Å². The normalized spacial score (nSPS) is 11.4. The molecule has 0 spiro atoms. The Bertz CT molecular complexity index is 578. The molecule has 1 aromatic carbocycles. The molecule has 0 aliphatic rings. The monoisotopic (exact) mass is 317 g/mol. The highest BCUT2D eigenvalue weighted by molar-refractivity contribution is 7.89. The summed E-state index contributed by atoms with van der Waals surface area (Å²) in [7, 11) is -0.515. The third kappa shape index (κ3) is 5.41. The molecule has 1 aromatic rings. The van der Waals surface area contributed by atoms with Crippen molar-refractivity contribution in [1.82, 2.24) is 14.9 Å². The van der Waals surface area contributed by atoms with Gasteiger partial charge < -0.3 is 10.2 Å². The zero-order valence-electron chi connectivity index (χ0n) is 12.1. The second-order valence-electron chi connectivity index (χ2n) is 4.50. The fraction of sp³-hybridized carbons (Fsp3) is 0.462. The van der Waals surface area contributed by atoms with Gasteiger partial charge in [-0.05, 0) is 19.2 Å². The third-order valence-electron chi connectivity index (χ3n) is 2.88. The van der Waals surface area contributed by atoms with E-state index in [1.54, 1.807) is 14.1 Å². The number of nitrogens with zero attached hydrogens (tertiary/aromatic N) is 1. The summed E-state index contributed by atoms with van der Waals surface area (Å²) in [5.74, 6) is -0.996. The molecule has 0 bridgehead atoms. The van der Waals surface area contributed by atoms with Gasteiger partial charge in [0, 0.05) is 33.1 Å². The molecule has 0 saturated heterocycles. The van der Waals surface area contributed by atoms with Crippen molar-refractivity contribution >= 4 is 15.9 Å². The Morgan fingerprint density at radius 2 is 1.95 bits per heavy atom. The summed E-state index contributed by atoms with van der Waals surface area (Å²) in [6.45, 7) is 1.12. The lowest BCUT2D eigenvalue weighted by Crippen LogP contribution is -2.35. The maximum atomic E-state index is 13.4. The lowest BCUT2D eigenvalue weighted by atomic mass is 10.3. The van der Waals surface area contributed by atoms with E-state index in [1.807, 2.05) is 0 Å². The van der Waals surface area contributed by atoms with Crippen LogP contribution in [0.5, 0.6) is 0 Å². The number of carbonyl (C=O) groups excluding carboxylic acids is 1. The largest absolute Gasteiger partial charge is 0.344 e. The Morgan fingerprint density at radius 3 is 2.57 bits per heavy atom. The van der Waals surface area contributed by atoms with Crippen molar-refractivity contribution in [1.29, 1.82) is 0 Å². The summed E-state index contributed by atoms with van der Waals surface area (Å²) in [6, 6.07) is 5.10. The molecular weight excluding hydrogens is 297 g/mol. The van der Waals surface area contributed by atoms with Crippen LogP contribution < -0.4 is 10.0 Å². The van der Waals surface area contributed by atoms with Crippen LogP contribution >= 0.6 is 0 Å². The second-order valence-corrected chi connectivity index (χ2v) is 6.23. The highest BCUT2D eigenvalue weighted by atomic mass is 32.2. The van der Waals surface area contributed by atoms with E-state index >= 15 is 0 Å². The van der Waals surface area contributed by atoms with Crippen LogP contribution in [0.1, 0.15) is 6.42 Å². The van der Waals surface area contributed by atoms with Crippen molar-refractivity contribution in [3.8, 4) is 0 Å². The van der Waals surface area contributed by atoms with Gasteiger partial charge in [0.15, 0.2) is 0 Å². The summed E-state index contributed by atoms with van der Waals surface area (Å²) in [5.41, 5.74) is 0. The van der Waals surface area contributed by atoms with Gasteiger partial charge in [0.1, 0.15) is 10.7 Å². The smallest absolute Gasteiger partial charge is 0.243 e. The number of hydrogen-bond donors (Lipinski definition) is 2. The van der Waals surface area contributed by atoms with Gasteiger partial charge in [-0.25, -0.2) is 17.5 Å². The van der Waals surface area contributed by atoms with Gasteiger partial charge in [0.05, 0.1) is 0 Å². The molecule has 21 heavy (non-hydrogen) atoms. The first-order valence-electron chi connectivity index (χ1n) is 6.51. The molecule has 1 amide bonds. The quantitative estimate of drug-likeness (QED) is 0.716. The standard InChI is InChI=1S/C13H20FN3O3S/c1-15-9-10-17(2)13(18)7-8-16-21(19,20)12-6-4-3-5-11(12)14/h3-6,15-16H,7-10H2,1-2H3. The van der Waals surface area contributed by atoms with Crippen LogP contribution in [0, 0.1) is 5.82 Å². The molecule has 0 saturated carbocycles. The lowest BCUT2D eigenvalue weighted by molar-refractivity contribution is -0.129. The van der Waals surface area contributed by atoms with Crippen molar-refractivity contribution in [3.05, 3.63) is 30.1 Å². The first kappa shape index (κ1) is 17.5. The van der Waals surface area contributed by atoms with Gasteiger partial charge in [-0.2, -0.15) is 0 Å². The fourth-order valence-electron chi connectivity index (χ4n) is 1.63. The van der Waals surface area contributed by atoms with Gasteiger partial charge in [0.2, 0.25) is 15.9 Å². The SMILES string of the molecule is CNCCN(C)C(=O)CCNS(=O)(=O)c1ccccc1F. The summed E-state index contributed by atoms with van der Waals surface area (Å²) in [4.78, 5) is 12.8. The average Bonchev–Trinajstić information content (AvgIpc) is 2.44. The molecule has 118 valence electrons. The molecule has 2 N–H and O–H groups in total. The predicted molar refractivity (Wildman–Crippen MR) is 77.8 cm³/mol. The predicted octanol–water partition coefficient (Wildman–Crippen LogP) is 0.172. The van der Waals surface area contributed by atoms with Crippen LogP contribution in [0.3, 0.4) is 0 Å². The Balaban J connectivity index is 2.52. The molecule has 0 aromatic heterocycles. The zero-order valence-corrected chi connectivity index (χ0v) is 12.9. The number of amides is 1. The topological polar surface area (TPSA) is 78.5 Å². The molecule has 0 unspecified atom stereocenters. The van der Waals surface area contributed by atoms with E-state index in [-0.39, 0.29) is 18.9 Å². The fourth-order valence-corrected chi connectivity index (χ4v) is 2.74. The Hall–Kier alpha value is -1.51. The number of carbonyl (C=O) groups is 1. The molecular formula is C13H20FN3O3S.